The third-order valence-corrected chi connectivity index (χ3v) is 3.87. The molecular weight excluding hydrogens is 288 g/mol. The maximum absolute atomic E-state index is 10.5. The molecule has 23 heavy (non-hydrogen) atoms. The summed E-state index contributed by atoms with van der Waals surface area (Å²) in [4.78, 5) is 10.5. The van der Waals surface area contributed by atoms with Crippen molar-refractivity contribution >= 4 is 12.0 Å². The van der Waals surface area contributed by atoms with Crippen LogP contribution in [0.15, 0.2) is 36.7 Å². The van der Waals surface area contributed by atoms with Crippen molar-refractivity contribution in [1.82, 2.24) is 9.78 Å². The highest BCUT2D eigenvalue weighted by molar-refractivity contribution is 5.75. The first kappa shape index (κ1) is 17.2. The Morgan fingerprint density at radius 3 is 2.52 bits per heavy atom. The molecule has 1 heterocycles. The van der Waals surface area contributed by atoms with Gasteiger partial charge in [0.1, 0.15) is 6.29 Å². The molecule has 3 rings (SSSR count). The SMILES string of the molecule is CNc1cnn(C(C)(C)C)c1.NC1CC1c1cccc(C=O)c1. The van der Waals surface area contributed by atoms with Crippen molar-refractivity contribution in [3.05, 3.63) is 47.8 Å². The predicted octanol–water partition coefficient (Wildman–Crippen LogP) is 2.99. The highest BCUT2D eigenvalue weighted by atomic mass is 16.1. The van der Waals surface area contributed by atoms with Crippen LogP contribution >= 0.6 is 0 Å². The van der Waals surface area contributed by atoms with E-state index in [9.17, 15) is 4.79 Å². The summed E-state index contributed by atoms with van der Waals surface area (Å²) in [5.74, 6) is 0.491. The summed E-state index contributed by atoms with van der Waals surface area (Å²) in [5.41, 5.74) is 8.78. The molecule has 2 aromatic rings. The Morgan fingerprint density at radius 2 is 2.09 bits per heavy atom. The lowest BCUT2D eigenvalue weighted by Gasteiger charge is -2.18. The summed E-state index contributed by atoms with van der Waals surface area (Å²) in [6, 6.07) is 7.98. The van der Waals surface area contributed by atoms with Crippen LogP contribution in [0.1, 0.15) is 49.0 Å². The molecule has 0 saturated heterocycles. The number of benzene rings is 1. The van der Waals surface area contributed by atoms with Gasteiger partial charge in [-0.25, -0.2) is 0 Å². The van der Waals surface area contributed by atoms with Gasteiger partial charge < -0.3 is 11.1 Å². The molecule has 2 unspecified atom stereocenters. The van der Waals surface area contributed by atoms with Crippen LogP contribution in [-0.4, -0.2) is 29.2 Å². The van der Waals surface area contributed by atoms with Gasteiger partial charge in [-0.3, -0.25) is 9.48 Å². The molecule has 5 nitrogen and oxygen atoms in total. The minimum Gasteiger partial charge on any atom is -0.386 e. The van der Waals surface area contributed by atoms with E-state index in [-0.39, 0.29) is 5.54 Å². The molecule has 1 aliphatic rings. The number of carbonyl (C=O) groups is 1. The highest BCUT2D eigenvalue weighted by Crippen LogP contribution is 2.38. The number of aromatic nitrogens is 2. The van der Waals surface area contributed by atoms with Gasteiger partial charge in [-0.15, -0.1) is 0 Å². The minimum absolute atomic E-state index is 0.0785. The Bertz CT molecular complexity index is 657. The molecular formula is C18H26N4O. The molecule has 2 atom stereocenters. The summed E-state index contributed by atoms with van der Waals surface area (Å²) < 4.78 is 1.94. The van der Waals surface area contributed by atoms with Gasteiger partial charge in [0.05, 0.1) is 17.4 Å². The van der Waals surface area contributed by atoms with E-state index in [1.807, 2.05) is 48.4 Å². The fourth-order valence-electron chi connectivity index (χ4n) is 2.28. The van der Waals surface area contributed by atoms with Crippen molar-refractivity contribution < 1.29 is 4.79 Å². The zero-order valence-electron chi connectivity index (χ0n) is 14.3. The van der Waals surface area contributed by atoms with Gasteiger partial charge in [0.2, 0.25) is 0 Å². The zero-order valence-corrected chi connectivity index (χ0v) is 14.3. The molecule has 1 aromatic heterocycles. The van der Waals surface area contributed by atoms with Crippen LogP contribution in [0.2, 0.25) is 0 Å². The topological polar surface area (TPSA) is 72.9 Å². The van der Waals surface area contributed by atoms with Crippen molar-refractivity contribution in [3.8, 4) is 0 Å². The van der Waals surface area contributed by atoms with Crippen molar-refractivity contribution in [2.24, 2.45) is 5.73 Å². The number of rotatable bonds is 3. The Kier molecular flexibility index (Phi) is 5.21. The van der Waals surface area contributed by atoms with Gasteiger partial charge in [0.25, 0.3) is 0 Å². The molecule has 3 N–H and O–H groups in total. The van der Waals surface area contributed by atoms with Gasteiger partial charge in [-0.1, -0.05) is 18.2 Å². The molecule has 5 heteroatoms. The van der Waals surface area contributed by atoms with E-state index < -0.39 is 0 Å². The molecule has 0 amide bonds. The second-order valence-electron chi connectivity index (χ2n) is 6.89. The molecule has 0 aliphatic heterocycles. The number of hydrogen-bond acceptors (Lipinski definition) is 4. The maximum atomic E-state index is 10.5. The average molecular weight is 314 g/mol. The quantitative estimate of drug-likeness (QED) is 0.854. The van der Waals surface area contributed by atoms with Crippen molar-refractivity contribution in [3.63, 3.8) is 0 Å². The van der Waals surface area contributed by atoms with Gasteiger partial charge in [-0.05, 0) is 38.8 Å². The van der Waals surface area contributed by atoms with E-state index in [0.717, 1.165) is 24.0 Å². The fraction of sp³-hybridized carbons (Fsp3) is 0.444. The number of nitrogens with two attached hydrogens (primary N) is 1. The minimum atomic E-state index is 0.0785. The first-order chi connectivity index (χ1) is 10.8. The number of nitrogens with zero attached hydrogens (tertiary/aromatic N) is 2. The summed E-state index contributed by atoms with van der Waals surface area (Å²) in [7, 11) is 1.89. The molecule has 0 spiro atoms. The Morgan fingerprint density at radius 1 is 1.39 bits per heavy atom. The standard InChI is InChI=1S/C10H11NO.C8H15N3/c11-10-5-9(10)8-3-1-2-7(4-8)6-12;1-8(2,3)11-6-7(9-4)5-10-11/h1-4,6,9-10H,5,11H2;5-6,9H,1-4H3. The lowest BCUT2D eigenvalue weighted by atomic mass is 10.1. The first-order valence-corrected chi connectivity index (χ1v) is 7.88. The van der Waals surface area contributed by atoms with Gasteiger partial charge in [0, 0.05) is 30.8 Å². The molecule has 1 aromatic carbocycles. The molecule has 0 bridgehead atoms. The smallest absolute Gasteiger partial charge is 0.150 e. The number of hydrogen-bond donors (Lipinski definition) is 2. The van der Waals surface area contributed by atoms with E-state index in [1.165, 1.54) is 5.56 Å². The first-order valence-electron chi connectivity index (χ1n) is 7.88. The van der Waals surface area contributed by atoms with Crippen molar-refractivity contribution in [2.75, 3.05) is 12.4 Å². The zero-order chi connectivity index (χ0) is 17.0. The summed E-state index contributed by atoms with van der Waals surface area (Å²) >= 11 is 0. The number of nitrogens with one attached hydrogen (secondary N) is 1. The fourth-order valence-corrected chi connectivity index (χ4v) is 2.28. The second-order valence-corrected chi connectivity index (χ2v) is 6.89. The van der Waals surface area contributed by atoms with E-state index >= 15 is 0 Å². The third kappa shape index (κ3) is 4.66. The maximum Gasteiger partial charge on any atom is 0.150 e. The lowest BCUT2D eigenvalue weighted by Crippen LogP contribution is -2.21. The van der Waals surface area contributed by atoms with Crippen LogP contribution in [-0.2, 0) is 5.54 Å². The van der Waals surface area contributed by atoms with E-state index in [0.29, 0.717) is 12.0 Å². The molecule has 124 valence electrons. The highest BCUT2D eigenvalue weighted by Gasteiger charge is 2.34. The third-order valence-electron chi connectivity index (χ3n) is 3.87. The van der Waals surface area contributed by atoms with Crippen molar-refractivity contribution in [2.45, 2.75) is 44.7 Å². The predicted molar refractivity (Wildman–Crippen MR) is 93.9 cm³/mol. The number of carbonyl (C=O) groups excluding carboxylic acids is 1. The van der Waals surface area contributed by atoms with E-state index in [4.69, 9.17) is 5.73 Å². The largest absolute Gasteiger partial charge is 0.386 e. The van der Waals surface area contributed by atoms with Crippen LogP contribution in [0, 0.1) is 0 Å². The van der Waals surface area contributed by atoms with Crippen LogP contribution in [0.5, 0.6) is 0 Å². The van der Waals surface area contributed by atoms with Crippen molar-refractivity contribution in [1.29, 1.82) is 0 Å². The molecule has 1 saturated carbocycles. The Hall–Kier alpha value is -2.14. The van der Waals surface area contributed by atoms with E-state index in [1.54, 1.807) is 0 Å². The second kappa shape index (κ2) is 6.96. The molecule has 1 fully saturated rings. The van der Waals surface area contributed by atoms with Gasteiger partial charge >= 0.3 is 0 Å². The molecule has 1 aliphatic carbocycles. The van der Waals surface area contributed by atoms with Gasteiger partial charge in [0.15, 0.2) is 0 Å². The summed E-state index contributed by atoms with van der Waals surface area (Å²) in [6.45, 7) is 6.37. The normalized spacial score (nSPS) is 19.5. The molecule has 0 radical (unpaired) electrons. The van der Waals surface area contributed by atoms with Crippen LogP contribution in [0.4, 0.5) is 5.69 Å². The van der Waals surface area contributed by atoms with Crippen LogP contribution < -0.4 is 11.1 Å². The average Bonchev–Trinajstić information content (AvgIpc) is 3.05. The monoisotopic (exact) mass is 314 g/mol. The van der Waals surface area contributed by atoms with Crippen LogP contribution in [0.25, 0.3) is 0 Å². The Balaban J connectivity index is 0.000000168. The number of anilines is 1. The lowest BCUT2D eigenvalue weighted by molar-refractivity contribution is 0.112. The van der Waals surface area contributed by atoms with Gasteiger partial charge in [-0.2, -0.15) is 5.10 Å². The van der Waals surface area contributed by atoms with Crippen LogP contribution in [0.3, 0.4) is 0 Å². The summed E-state index contributed by atoms with van der Waals surface area (Å²) in [6.07, 6.45) is 5.75. The van der Waals surface area contributed by atoms with E-state index in [2.05, 4.69) is 31.2 Å². The Labute approximate surface area is 137 Å². The number of aldehydes is 1. The summed E-state index contributed by atoms with van der Waals surface area (Å²) in [5, 5.41) is 7.25.